The van der Waals surface area contributed by atoms with Crippen LogP contribution >= 0.6 is 0 Å². The fourth-order valence-corrected chi connectivity index (χ4v) is 9.95. The molecule has 5 aliphatic rings. The van der Waals surface area contributed by atoms with Crippen LogP contribution in [0.5, 0.6) is 0 Å². The summed E-state index contributed by atoms with van der Waals surface area (Å²) in [5.74, 6) is 6.41. The number of hydrogen-bond acceptors (Lipinski definition) is 1. The van der Waals surface area contributed by atoms with E-state index in [-0.39, 0.29) is 6.10 Å². The standard InChI is InChI=1S/C30H50O/c1-19(7-8-20(2)30(6)18-21(30)3)25-11-12-26-24-10-9-22-17-23(31)13-15-28(22,4)27(24)14-16-29(25,26)5/h9,19-21,23-27,31H,7-8,10-18H2,1-6H3/t19-,20-,21-,23+,24+,25-,26+,27+,28+,29-,30+/m1/s1. The second-order valence-electron chi connectivity index (χ2n) is 14.0. The Kier molecular flexibility index (Phi) is 5.52. The summed E-state index contributed by atoms with van der Waals surface area (Å²) in [6.45, 7) is 15.4. The fraction of sp³-hybridized carbons (Fsp3) is 0.933. The molecule has 4 fully saturated rings. The smallest absolute Gasteiger partial charge is 0.0577 e. The molecule has 0 unspecified atom stereocenters. The lowest BCUT2D eigenvalue weighted by atomic mass is 9.47. The molecule has 0 aromatic heterocycles. The predicted molar refractivity (Wildman–Crippen MR) is 131 cm³/mol. The maximum Gasteiger partial charge on any atom is 0.0577 e. The van der Waals surface area contributed by atoms with Crippen molar-refractivity contribution in [3.05, 3.63) is 11.6 Å². The van der Waals surface area contributed by atoms with Gasteiger partial charge in [0.1, 0.15) is 0 Å². The quantitative estimate of drug-likeness (QED) is 0.441. The molecule has 0 aromatic rings. The Morgan fingerprint density at radius 3 is 2.45 bits per heavy atom. The van der Waals surface area contributed by atoms with Crippen molar-refractivity contribution in [2.75, 3.05) is 0 Å². The zero-order chi connectivity index (χ0) is 22.2. The number of aliphatic hydroxyl groups is 1. The summed E-state index contributed by atoms with van der Waals surface area (Å²) >= 11 is 0. The van der Waals surface area contributed by atoms with Gasteiger partial charge in [-0.2, -0.15) is 0 Å². The fourth-order valence-electron chi connectivity index (χ4n) is 9.95. The Morgan fingerprint density at radius 1 is 1.00 bits per heavy atom. The van der Waals surface area contributed by atoms with Crippen LogP contribution in [0.4, 0.5) is 0 Å². The molecule has 5 aliphatic carbocycles. The van der Waals surface area contributed by atoms with Gasteiger partial charge < -0.3 is 5.11 Å². The second-order valence-corrected chi connectivity index (χ2v) is 14.0. The van der Waals surface area contributed by atoms with E-state index >= 15 is 0 Å². The van der Waals surface area contributed by atoms with Crippen LogP contribution in [0, 0.1) is 57.7 Å². The molecule has 0 amide bonds. The van der Waals surface area contributed by atoms with Gasteiger partial charge in [-0.05, 0) is 122 Å². The number of fused-ring (bicyclic) bond motifs is 5. The van der Waals surface area contributed by atoms with Gasteiger partial charge in [0.05, 0.1) is 6.10 Å². The molecule has 31 heavy (non-hydrogen) atoms. The minimum Gasteiger partial charge on any atom is -0.393 e. The average molecular weight is 427 g/mol. The third-order valence-electron chi connectivity index (χ3n) is 12.7. The summed E-state index contributed by atoms with van der Waals surface area (Å²) < 4.78 is 0. The second kappa shape index (κ2) is 7.61. The van der Waals surface area contributed by atoms with E-state index in [1.165, 1.54) is 57.8 Å². The third-order valence-corrected chi connectivity index (χ3v) is 12.7. The first-order chi connectivity index (χ1) is 14.6. The molecular formula is C30H50O. The lowest BCUT2D eigenvalue weighted by Gasteiger charge is -2.58. The Labute approximate surface area is 192 Å². The van der Waals surface area contributed by atoms with Crippen LogP contribution < -0.4 is 0 Å². The van der Waals surface area contributed by atoms with Crippen LogP contribution in [0.1, 0.15) is 112 Å². The van der Waals surface area contributed by atoms with Crippen LogP contribution in [0.2, 0.25) is 0 Å². The molecule has 0 spiro atoms. The Hall–Kier alpha value is -0.300. The molecule has 5 rings (SSSR count). The van der Waals surface area contributed by atoms with Crippen molar-refractivity contribution in [2.45, 2.75) is 118 Å². The lowest BCUT2D eigenvalue weighted by molar-refractivity contribution is -0.0575. The van der Waals surface area contributed by atoms with E-state index in [2.05, 4.69) is 47.6 Å². The molecular weight excluding hydrogens is 376 g/mol. The summed E-state index contributed by atoms with van der Waals surface area (Å²) in [5, 5.41) is 10.3. The van der Waals surface area contributed by atoms with Gasteiger partial charge in [-0.25, -0.2) is 0 Å². The van der Waals surface area contributed by atoms with E-state index in [4.69, 9.17) is 0 Å². The van der Waals surface area contributed by atoms with E-state index < -0.39 is 0 Å². The van der Waals surface area contributed by atoms with E-state index in [0.29, 0.717) is 16.2 Å². The first-order valence-electron chi connectivity index (χ1n) is 14.0. The highest BCUT2D eigenvalue weighted by atomic mass is 16.3. The molecule has 0 bridgehead atoms. The Balaban J connectivity index is 1.28. The van der Waals surface area contributed by atoms with Crippen molar-refractivity contribution in [2.24, 2.45) is 57.7 Å². The number of allylic oxidation sites excluding steroid dienone is 1. The van der Waals surface area contributed by atoms with Crippen molar-refractivity contribution in [1.82, 2.24) is 0 Å². The molecule has 0 radical (unpaired) electrons. The zero-order valence-corrected chi connectivity index (χ0v) is 21.4. The number of rotatable bonds is 5. The highest BCUT2D eigenvalue weighted by Crippen LogP contribution is 2.67. The molecule has 0 heterocycles. The van der Waals surface area contributed by atoms with E-state index in [1.807, 2.05) is 0 Å². The normalized spacial score (nSPS) is 53.1. The maximum absolute atomic E-state index is 10.3. The molecule has 176 valence electrons. The van der Waals surface area contributed by atoms with Crippen molar-refractivity contribution in [3.8, 4) is 0 Å². The summed E-state index contributed by atoms with van der Waals surface area (Å²) in [6, 6.07) is 0. The van der Waals surface area contributed by atoms with Crippen LogP contribution in [0.15, 0.2) is 11.6 Å². The molecule has 1 nitrogen and oxygen atoms in total. The molecule has 11 atom stereocenters. The van der Waals surface area contributed by atoms with Gasteiger partial charge in [0.25, 0.3) is 0 Å². The zero-order valence-electron chi connectivity index (χ0n) is 21.4. The van der Waals surface area contributed by atoms with Gasteiger partial charge in [0.15, 0.2) is 0 Å². The SMILES string of the molecule is C[C@H](CC[C@@H](C)[C@]1(C)C[C@H]1C)[C@H]1CC[C@H]2[C@@H]3CC=C4C[C@@H](O)CC[C@]4(C)[C@H]3CC[C@]12C. The van der Waals surface area contributed by atoms with Crippen LogP contribution in [0.25, 0.3) is 0 Å². The average Bonchev–Trinajstić information content (AvgIpc) is 3.19. The van der Waals surface area contributed by atoms with E-state index in [1.54, 1.807) is 5.57 Å². The summed E-state index contributed by atoms with van der Waals surface area (Å²) in [4.78, 5) is 0. The minimum absolute atomic E-state index is 0.0790. The Bertz CT molecular complexity index is 724. The van der Waals surface area contributed by atoms with Crippen molar-refractivity contribution in [1.29, 1.82) is 0 Å². The van der Waals surface area contributed by atoms with Gasteiger partial charge in [0, 0.05) is 0 Å². The third kappa shape index (κ3) is 3.41. The largest absolute Gasteiger partial charge is 0.393 e. The van der Waals surface area contributed by atoms with Crippen LogP contribution in [-0.2, 0) is 0 Å². The van der Waals surface area contributed by atoms with Gasteiger partial charge in [0.2, 0.25) is 0 Å². The monoisotopic (exact) mass is 426 g/mol. The molecule has 4 saturated carbocycles. The maximum atomic E-state index is 10.3. The first kappa shape index (κ1) is 22.5. The van der Waals surface area contributed by atoms with Crippen LogP contribution in [0.3, 0.4) is 0 Å². The molecule has 0 aliphatic heterocycles. The van der Waals surface area contributed by atoms with E-state index in [9.17, 15) is 5.11 Å². The first-order valence-corrected chi connectivity index (χ1v) is 14.0. The minimum atomic E-state index is -0.0790. The van der Waals surface area contributed by atoms with Gasteiger partial charge in [-0.1, -0.05) is 59.6 Å². The van der Waals surface area contributed by atoms with Crippen molar-refractivity contribution < 1.29 is 5.11 Å². The summed E-state index contributed by atoms with van der Waals surface area (Å²) in [6.07, 6.45) is 17.2. The van der Waals surface area contributed by atoms with Gasteiger partial charge in [-0.15, -0.1) is 0 Å². The molecule has 1 heteroatoms. The van der Waals surface area contributed by atoms with Gasteiger partial charge in [-0.3, -0.25) is 0 Å². The number of hydrogen-bond donors (Lipinski definition) is 1. The topological polar surface area (TPSA) is 20.2 Å². The van der Waals surface area contributed by atoms with Crippen molar-refractivity contribution in [3.63, 3.8) is 0 Å². The molecule has 0 aromatic carbocycles. The highest BCUT2D eigenvalue weighted by Gasteiger charge is 2.59. The lowest BCUT2D eigenvalue weighted by Crippen LogP contribution is -2.50. The van der Waals surface area contributed by atoms with Gasteiger partial charge >= 0.3 is 0 Å². The van der Waals surface area contributed by atoms with Crippen molar-refractivity contribution >= 4 is 0 Å². The highest BCUT2D eigenvalue weighted by molar-refractivity contribution is 5.25. The Morgan fingerprint density at radius 2 is 1.74 bits per heavy atom. The molecule has 0 saturated heterocycles. The molecule has 1 N–H and O–H groups in total. The van der Waals surface area contributed by atoms with Crippen LogP contribution in [-0.4, -0.2) is 11.2 Å². The van der Waals surface area contributed by atoms with E-state index in [0.717, 1.165) is 54.3 Å². The predicted octanol–water partition coefficient (Wildman–Crippen LogP) is 8.02. The summed E-state index contributed by atoms with van der Waals surface area (Å²) in [7, 11) is 0. The summed E-state index contributed by atoms with van der Waals surface area (Å²) in [5.41, 5.74) is 3.24. The number of aliphatic hydroxyl groups excluding tert-OH is 1.